The van der Waals surface area contributed by atoms with Gasteiger partial charge in [-0.25, -0.2) is 4.39 Å². The molecule has 3 rings (SSSR count). The molecular weight excluding hydrogens is 387 g/mol. The van der Waals surface area contributed by atoms with E-state index >= 15 is 0 Å². The highest BCUT2D eigenvalue weighted by Gasteiger charge is 2.36. The van der Waals surface area contributed by atoms with Crippen LogP contribution in [0.25, 0.3) is 6.08 Å². The molecule has 25 heavy (non-hydrogen) atoms. The largest absolute Gasteiger partial charge is 0.323 e. The molecule has 0 radical (unpaired) electrons. The summed E-state index contributed by atoms with van der Waals surface area (Å²) in [6, 6.07) is 7.16. The molecule has 1 aliphatic heterocycles. The number of hydrogen-bond acceptors (Lipinski definition) is 5. The van der Waals surface area contributed by atoms with Gasteiger partial charge in [-0.05, 0) is 47.5 Å². The Kier molecular flexibility index (Phi) is 5.22. The molecule has 5 nitrogen and oxygen atoms in total. The van der Waals surface area contributed by atoms with Crippen LogP contribution < -0.4 is 5.32 Å². The number of carbonyl (C=O) groups excluding carboxylic acids is 3. The van der Waals surface area contributed by atoms with Crippen molar-refractivity contribution >= 4 is 63.5 Å². The summed E-state index contributed by atoms with van der Waals surface area (Å²) in [7, 11) is 0. The summed E-state index contributed by atoms with van der Waals surface area (Å²) in [6.07, 6.45) is 1.62. The van der Waals surface area contributed by atoms with Crippen LogP contribution in [0.4, 0.5) is 14.9 Å². The van der Waals surface area contributed by atoms with Crippen molar-refractivity contribution in [3.63, 3.8) is 0 Å². The number of rotatable bonds is 4. The van der Waals surface area contributed by atoms with Crippen LogP contribution in [0.1, 0.15) is 4.88 Å². The Morgan fingerprint density at radius 1 is 1.32 bits per heavy atom. The van der Waals surface area contributed by atoms with Crippen molar-refractivity contribution in [3.8, 4) is 0 Å². The number of thiophene rings is 1. The van der Waals surface area contributed by atoms with E-state index in [4.69, 9.17) is 11.6 Å². The Balaban J connectivity index is 1.69. The monoisotopic (exact) mass is 396 g/mol. The molecular formula is C16H10ClFN2O3S2. The van der Waals surface area contributed by atoms with Gasteiger partial charge in [-0.15, -0.1) is 11.3 Å². The summed E-state index contributed by atoms with van der Waals surface area (Å²) >= 11 is 8.06. The normalized spacial score (nSPS) is 15.9. The molecule has 1 N–H and O–H groups in total. The summed E-state index contributed by atoms with van der Waals surface area (Å²) in [5.41, 5.74) is 0.203. The van der Waals surface area contributed by atoms with Crippen LogP contribution in [0, 0.1) is 5.82 Å². The number of anilines is 1. The van der Waals surface area contributed by atoms with Crippen molar-refractivity contribution in [2.45, 2.75) is 0 Å². The van der Waals surface area contributed by atoms with Crippen LogP contribution >= 0.6 is 34.7 Å². The zero-order valence-corrected chi connectivity index (χ0v) is 14.9. The first-order valence-corrected chi connectivity index (χ1v) is 9.05. The Hall–Kier alpha value is -2.16. The van der Waals surface area contributed by atoms with Gasteiger partial charge in [0.25, 0.3) is 11.1 Å². The molecule has 1 saturated heterocycles. The first kappa shape index (κ1) is 17.7. The molecule has 128 valence electrons. The number of nitrogens with zero attached hydrogens (tertiary/aromatic N) is 1. The fourth-order valence-corrected chi connectivity index (χ4v) is 3.84. The van der Waals surface area contributed by atoms with E-state index in [1.807, 2.05) is 17.5 Å². The Bertz CT molecular complexity index is 884. The highest BCUT2D eigenvalue weighted by Crippen LogP contribution is 2.33. The number of hydrogen-bond donors (Lipinski definition) is 1. The van der Waals surface area contributed by atoms with Crippen molar-refractivity contribution in [3.05, 3.63) is 56.3 Å². The molecule has 0 aliphatic carbocycles. The molecule has 1 aliphatic rings. The van der Waals surface area contributed by atoms with Gasteiger partial charge in [0.1, 0.15) is 12.4 Å². The lowest BCUT2D eigenvalue weighted by atomic mass is 10.3. The maximum absolute atomic E-state index is 13.0. The van der Waals surface area contributed by atoms with Crippen LogP contribution in [0.15, 0.2) is 40.6 Å². The maximum Gasteiger partial charge on any atom is 0.294 e. The molecule has 0 spiro atoms. The van der Waals surface area contributed by atoms with Gasteiger partial charge < -0.3 is 5.32 Å². The summed E-state index contributed by atoms with van der Waals surface area (Å²) in [5, 5.41) is 3.82. The Morgan fingerprint density at radius 2 is 2.12 bits per heavy atom. The highest BCUT2D eigenvalue weighted by molar-refractivity contribution is 8.18. The number of halogens is 2. The quantitative estimate of drug-likeness (QED) is 0.786. The van der Waals surface area contributed by atoms with Gasteiger partial charge in [0.15, 0.2) is 0 Å². The first-order chi connectivity index (χ1) is 11.9. The van der Waals surface area contributed by atoms with Gasteiger partial charge in [-0.2, -0.15) is 0 Å². The minimum atomic E-state index is -0.604. The minimum absolute atomic E-state index is 0.0279. The molecule has 1 aromatic heterocycles. The number of thioether (sulfide) groups is 1. The molecule has 1 aromatic carbocycles. The third kappa shape index (κ3) is 4.09. The van der Waals surface area contributed by atoms with E-state index < -0.39 is 29.4 Å². The first-order valence-electron chi connectivity index (χ1n) is 6.98. The summed E-state index contributed by atoms with van der Waals surface area (Å²) in [5.74, 6) is -1.66. The van der Waals surface area contributed by atoms with Crippen molar-refractivity contribution in [2.75, 3.05) is 11.9 Å². The second-order valence-corrected chi connectivity index (χ2v) is 7.34. The van der Waals surface area contributed by atoms with Crippen LogP contribution in [-0.2, 0) is 9.59 Å². The van der Waals surface area contributed by atoms with Crippen molar-refractivity contribution in [2.24, 2.45) is 0 Å². The highest BCUT2D eigenvalue weighted by atomic mass is 35.5. The minimum Gasteiger partial charge on any atom is -0.323 e. The Morgan fingerprint density at radius 3 is 2.80 bits per heavy atom. The molecule has 0 bridgehead atoms. The summed E-state index contributed by atoms with van der Waals surface area (Å²) < 4.78 is 13.0. The molecule has 2 aromatic rings. The predicted molar refractivity (Wildman–Crippen MR) is 97.0 cm³/mol. The van der Waals surface area contributed by atoms with Crippen LogP contribution in [0.2, 0.25) is 5.02 Å². The third-order valence-electron chi connectivity index (χ3n) is 3.20. The average molecular weight is 397 g/mol. The lowest BCUT2D eigenvalue weighted by Crippen LogP contribution is -2.36. The predicted octanol–water partition coefficient (Wildman–Crippen LogP) is 4.22. The van der Waals surface area contributed by atoms with Gasteiger partial charge in [-0.1, -0.05) is 17.7 Å². The fourth-order valence-electron chi connectivity index (χ4n) is 2.06. The van der Waals surface area contributed by atoms with Gasteiger partial charge in [0.2, 0.25) is 5.91 Å². The fraction of sp³-hybridized carbons (Fsp3) is 0.0625. The van der Waals surface area contributed by atoms with E-state index in [-0.39, 0.29) is 15.6 Å². The average Bonchev–Trinajstić information content (AvgIpc) is 3.15. The van der Waals surface area contributed by atoms with Gasteiger partial charge in [0, 0.05) is 4.88 Å². The number of imide groups is 1. The van der Waals surface area contributed by atoms with Crippen molar-refractivity contribution in [1.29, 1.82) is 0 Å². The number of benzene rings is 1. The smallest absolute Gasteiger partial charge is 0.294 e. The van der Waals surface area contributed by atoms with E-state index in [1.165, 1.54) is 17.4 Å². The van der Waals surface area contributed by atoms with Gasteiger partial charge in [0.05, 0.1) is 15.6 Å². The van der Waals surface area contributed by atoms with Crippen LogP contribution in [0.5, 0.6) is 0 Å². The van der Waals surface area contributed by atoms with Crippen molar-refractivity contribution < 1.29 is 18.8 Å². The number of nitrogens with one attached hydrogen (secondary N) is 1. The van der Waals surface area contributed by atoms with Gasteiger partial charge >= 0.3 is 0 Å². The van der Waals surface area contributed by atoms with E-state index in [0.717, 1.165) is 33.7 Å². The zero-order chi connectivity index (χ0) is 18.0. The van der Waals surface area contributed by atoms with E-state index in [9.17, 15) is 18.8 Å². The standard InChI is InChI=1S/C16H10ClFN2O3S2/c17-11-6-9(18)3-4-12(11)19-14(21)8-20-15(22)13(25-16(20)23)7-10-2-1-5-24-10/h1-7H,8H2,(H,19,21)/b13-7-. The second kappa shape index (κ2) is 7.38. The van der Waals surface area contributed by atoms with E-state index in [2.05, 4.69) is 5.32 Å². The number of carbonyl (C=O) groups is 3. The number of amides is 3. The Labute approximate surface area is 155 Å². The topological polar surface area (TPSA) is 66.5 Å². The van der Waals surface area contributed by atoms with E-state index in [0.29, 0.717) is 0 Å². The van der Waals surface area contributed by atoms with E-state index in [1.54, 1.807) is 6.08 Å². The third-order valence-corrected chi connectivity index (χ3v) is 5.24. The molecule has 9 heteroatoms. The molecule has 2 heterocycles. The molecule has 0 saturated carbocycles. The molecule has 0 atom stereocenters. The maximum atomic E-state index is 13.0. The van der Waals surface area contributed by atoms with Crippen LogP contribution in [-0.4, -0.2) is 28.5 Å². The van der Waals surface area contributed by atoms with Crippen LogP contribution in [0.3, 0.4) is 0 Å². The lowest BCUT2D eigenvalue weighted by molar-refractivity contribution is -0.127. The SMILES string of the molecule is O=C(CN1C(=O)S/C(=C\c2cccs2)C1=O)Nc1ccc(F)cc1Cl. The summed E-state index contributed by atoms with van der Waals surface area (Å²) in [6.45, 7) is -0.444. The summed E-state index contributed by atoms with van der Waals surface area (Å²) in [4.78, 5) is 38.4. The van der Waals surface area contributed by atoms with Crippen molar-refractivity contribution in [1.82, 2.24) is 4.90 Å². The molecule has 3 amide bonds. The molecule has 1 fully saturated rings. The zero-order valence-electron chi connectivity index (χ0n) is 12.5. The molecule has 0 unspecified atom stereocenters. The lowest BCUT2D eigenvalue weighted by Gasteiger charge is -2.13. The second-order valence-electron chi connectivity index (χ2n) is 4.96. The van der Waals surface area contributed by atoms with Gasteiger partial charge in [-0.3, -0.25) is 19.3 Å².